The second-order valence-electron chi connectivity index (χ2n) is 7.39. The van der Waals surface area contributed by atoms with Crippen molar-refractivity contribution in [2.75, 3.05) is 33.4 Å². The highest BCUT2D eigenvalue weighted by Gasteiger charge is 2.30. The fraction of sp³-hybridized carbons (Fsp3) is 0.348. The molecule has 2 heterocycles. The number of aromatic nitrogens is 2. The smallest absolute Gasteiger partial charge is 0.260 e. The number of aryl methyl sites for hydroxylation is 2. The molecule has 162 valence electrons. The number of benzene rings is 2. The Bertz CT molecular complexity index is 1030. The van der Waals surface area contributed by atoms with Gasteiger partial charge in [0.15, 0.2) is 12.7 Å². The normalized spacial score (nSPS) is 16.2. The lowest BCUT2D eigenvalue weighted by atomic mass is 10.1. The molecule has 1 atom stereocenters. The molecule has 0 unspecified atom stereocenters. The highest BCUT2D eigenvalue weighted by Crippen LogP contribution is 2.26. The van der Waals surface area contributed by atoms with Crippen LogP contribution in [0.3, 0.4) is 0 Å². The van der Waals surface area contributed by atoms with Crippen molar-refractivity contribution in [1.82, 2.24) is 15.0 Å². The van der Waals surface area contributed by atoms with Crippen molar-refractivity contribution in [2.45, 2.75) is 20.0 Å². The molecule has 3 aromatic rings. The van der Waals surface area contributed by atoms with Gasteiger partial charge < -0.3 is 23.6 Å². The minimum absolute atomic E-state index is 0.0284. The monoisotopic (exact) mass is 423 g/mol. The lowest BCUT2D eigenvalue weighted by Gasteiger charge is -2.31. The average molecular weight is 423 g/mol. The van der Waals surface area contributed by atoms with Crippen molar-refractivity contribution in [3.05, 3.63) is 59.5 Å². The maximum absolute atomic E-state index is 12.7. The molecule has 8 nitrogen and oxygen atoms in total. The summed E-state index contributed by atoms with van der Waals surface area (Å²) < 4.78 is 22.2. The van der Waals surface area contributed by atoms with E-state index >= 15 is 0 Å². The molecular weight excluding hydrogens is 398 g/mol. The summed E-state index contributed by atoms with van der Waals surface area (Å²) in [6.45, 7) is 5.12. The first-order valence-electron chi connectivity index (χ1n) is 10.1. The van der Waals surface area contributed by atoms with E-state index in [-0.39, 0.29) is 12.5 Å². The third-order valence-corrected chi connectivity index (χ3v) is 5.23. The summed E-state index contributed by atoms with van der Waals surface area (Å²) in [5.41, 5.74) is 2.82. The van der Waals surface area contributed by atoms with Crippen molar-refractivity contribution in [1.29, 1.82) is 0 Å². The Balaban J connectivity index is 1.39. The maximum Gasteiger partial charge on any atom is 0.260 e. The average Bonchev–Trinajstić information content (AvgIpc) is 3.29. The van der Waals surface area contributed by atoms with Gasteiger partial charge in [0.25, 0.3) is 11.8 Å². The van der Waals surface area contributed by atoms with Crippen LogP contribution < -0.4 is 9.47 Å². The summed E-state index contributed by atoms with van der Waals surface area (Å²) in [5.74, 6) is 2.20. The summed E-state index contributed by atoms with van der Waals surface area (Å²) in [6.07, 6.45) is -0.475. The summed E-state index contributed by atoms with van der Waals surface area (Å²) >= 11 is 0. The summed E-state index contributed by atoms with van der Waals surface area (Å²) in [5, 5.41) is 4.05. The first kappa shape index (κ1) is 20.9. The number of carbonyl (C=O) groups is 1. The van der Waals surface area contributed by atoms with Crippen LogP contribution >= 0.6 is 0 Å². The van der Waals surface area contributed by atoms with Crippen molar-refractivity contribution < 1.29 is 23.5 Å². The molecular formula is C23H25N3O5. The minimum Gasteiger partial charge on any atom is -0.497 e. The van der Waals surface area contributed by atoms with Crippen LogP contribution in [0.15, 0.2) is 47.0 Å². The molecule has 1 amide bonds. The Morgan fingerprint density at radius 2 is 1.90 bits per heavy atom. The molecule has 2 aromatic carbocycles. The van der Waals surface area contributed by atoms with Crippen LogP contribution in [0.5, 0.6) is 11.5 Å². The highest BCUT2D eigenvalue weighted by molar-refractivity contribution is 5.78. The molecule has 1 fully saturated rings. The van der Waals surface area contributed by atoms with Gasteiger partial charge in [0.1, 0.15) is 11.5 Å². The number of para-hydroxylation sites is 1. The first-order valence-corrected chi connectivity index (χ1v) is 10.1. The van der Waals surface area contributed by atoms with E-state index in [1.54, 1.807) is 12.0 Å². The van der Waals surface area contributed by atoms with E-state index in [0.717, 1.165) is 28.2 Å². The lowest BCUT2D eigenvalue weighted by Crippen LogP contribution is -2.44. The molecule has 8 heteroatoms. The Morgan fingerprint density at radius 3 is 2.61 bits per heavy atom. The number of hydrogen-bond donors (Lipinski definition) is 0. The number of carbonyl (C=O) groups excluding carboxylic acids is 1. The molecule has 31 heavy (non-hydrogen) atoms. The third kappa shape index (κ3) is 4.69. The predicted octanol–water partition coefficient (Wildman–Crippen LogP) is 3.34. The SMILES string of the molecule is COc1ccc(-c2noc([C@H]3CN(C(=O)COc4c(C)cccc4C)CCO3)n2)cc1. The Hall–Kier alpha value is -3.39. The number of morpholine rings is 1. The molecule has 1 saturated heterocycles. The van der Waals surface area contributed by atoms with Crippen LogP contribution in [0, 0.1) is 13.8 Å². The molecule has 0 bridgehead atoms. The van der Waals surface area contributed by atoms with Gasteiger partial charge >= 0.3 is 0 Å². The molecule has 1 aliphatic heterocycles. The van der Waals surface area contributed by atoms with Crippen molar-refractivity contribution in [3.8, 4) is 22.9 Å². The number of ether oxygens (including phenoxy) is 3. The van der Waals surface area contributed by atoms with E-state index < -0.39 is 6.10 Å². The van der Waals surface area contributed by atoms with E-state index in [1.165, 1.54) is 0 Å². The zero-order valence-corrected chi connectivity index (χ0v) is 17.8. The largest absolute Gasteiger partial charge is 0.497 e. The van der Waals surface area contributed by atoms with Crippen molar-refractivity contribution in [2.24, 2.45) is 0 Å². The van der Waals surface area contributed by atoms with Crippen LogP contribution in [0.1, 0.15) is 23.1 Å². The van der Waals surface area contributed by atoms with E-state index in [9.17, 15) is 4.79 Å². The Morgan fingerprint density at radius 1 is 1.16 bits per heavy atom. The maximum atomic E-state index is 12.7. The molecule has 0 N–H and O–H groups in total. The number of nitrogens with zero attached hydrogens (tertiary/aromatic N) is 3. The molecule has 0 aliphatic carbocycles. The highest BCUT2D eigenvalue weighted by atomic mass is 16.5. The first-order chi connectivity index (χ1) is 15.0. The van der Waals surface area contributed by atoms with Gasteiger partial charge in [0.2, 0.25) is 5.82 Å². The zero-order chi connectivity index (χ0) is 21.8. The standard InChI is InChI=1S/C23H25N3O5/c1-15-5-4-6-16(2)21(15)30-14-20(27)26-11-12-29-19(13-26)23-24-22(25-31-23)17-7-9-18(28-3)10-8-17/h4-10,19H,11-14H2,1-3H3/t19-/m1/s1. The topological polar surface area (TPSA) is 86.9 Å². The second-order valence-corrected chi connectivity index (χ2v) is 7.39. The van der Waals surface area contributed by atoms with Gasteiger partial charge in [0, 0.05) is 12.1 Å². The minimum atomic E-state index is -0.475. The number of hydrogen-bond acceptors (Lipinski definition) is 7. The fourth-order valence-corrected chi connectivity index (χ4v) is 3.50. The van der Waals surface area contributed by atoms with Gasteiger partial charge in [-0.15, -0.1) is 0 Å². The molecule has 0 radical (unpaired) electrons. The van der Waals surface area contributed by atoms with Crippen LogP contribution in [0.25, 0.3) is 11.4 Å². The van der Waals surface area contributed by atoms with E-state index in [0.29, 0.717) is 31.4 Å². The zero-order valence-electron chi connectivity index (χ0n) is 17.8. The number of methoxy groups -OCH3 is 1. The lowest BCUT2D eigenvalue weighted by molar-refractivity contribution is -0.142. The molecule has 4 rings (SSSR count). The molecule has 0 spiro atoms. The summed E-state index contributed by atoms with van der Waals surface area (Å²) in [4.78, 5) is 18.9. The van der Waals surface area contributed by atoms with Gasteiger partial charge in [0.05, 0.1) is 20.3 Å². The molecule has 0 saturated carbocycles. The van der Waals surface area contributed by atoms with Crippen LogP contribution in [-0.2, 0) is 9.53 Å². The number of amides is 1. The fourth-order valence-electron chi connectivity index (χ4n) is 3.50. The number of rotatable bonds is 6. The van der Waals surface area contributed by atoms with Gasteiger partial charge in [-0.1, -0.05) is 23.4 Å². The molecule has 1 aromatic heterocycles. The van der Waals surface area contributed by atoms with Gasteiger partial charge in [-0.05, 0) is 49.2 Å². The van der Waals surface area contributed by atoms with Crippen LogP contribution in [-0.4, -0.2) is 54.4 Å². The van der Waals surface area contributed by atoms with Crippen molar-refractivity contribution in [3.63, 3.8) is 0 Å². The van der Waals surface area contributed by atoms with E-state index in [2.05, 4.69) is 10.1 Å². The molecule has 1 aliphatic rings. The quantitative estimate of drug-likeness (QED) is 0.601. The predicted molar refractivity (Wildman–Crippen MR) is 113 cm³/mol. The van der Waals surface area contributed by atoms with E-state index in [4.69, 9.17) is 18.7 Å². The van der Waals surface area contributed by atoms with Gasteiger partial charge in [-0.3, -0.25) is 4.79 Å². The second kappa shape index (κ2) is 9.18. The summed E-state index contributed by atoms with van der Waals surface area (Å²) in [7, 11) is 1.61. The van der Waals surface area contributed by atoms with Crippen LogP contribution in [0.4, 0.5) is 0 Å². The van der Waals surface area contributed by atoms with Gasteiger partial charge in [-0.2, -0.15) is 4.98 Å². The van der Waals surface area contributed by atoms with Crippen molar-refractivity contribution >= 4 is 5.91 Å². The summed E-state index contributed by atoms with van der Waals surface area (Å²) in [6, 6.07) is 13.3. The van der Waals surface area contributed by atoms with Gasteiger partial charge in [-0.25, -0.2) is 0 Å². The van der Waals surface area contributed by atoms with Crippen LogP contribution in [0.2, 0.25) is 0 Å². The Labute approximate surface area is 180 Å². The Kier molecular flexibility index (Phi) is 6.18. The third-order valence-electron chi connectivity index (χ3n) is 5.23. The van der Waals surface area contributed by atoms with E-state index in [1.807, 2.05) is 56.3 Å².